The molecule has 0 aliphatic carbocycles. The first-order chi connectivity index (χ1) is 14.1. The van der Waals surface area contributed by atoms with Crippen LogP contribution in [-0.2, 0) is 13.0 Å². The molecule has 3 heterocycles. The van der Waals surface area contributed by atoms with Gasteiger partial charge in [-0.2, -0.15) is 5.26 Å². The van der Waals surface area contributed by atoms with Crippen LogP contribution in [0.5, 0.6) is 0 Å². The molecular formula is C24H25N5. The first kappa shape index (κ1) is 18.9. The molecule has 4 aromatic rings. The molecule has 0 aliphatic rings. The van der Waals surface area contributed by atoms with E-state index in [1.54, 1.807) is 6.20 Å². The number of nitrogens with one attached hydrogen (secondary N) is 1. The van der Waals surface area contributed by atoms with Gasteiger partial charge in [0.15, 0.2) is 5.65 Å². The molecule has 3 aromatic heterocycles. The number of pyridine rings is 2. The number of benzene rings is 1. The maximum atomic E-state index is 9.91. The van der Waals surface area contributed by atoms with Crippen LogP contribution in [0.2, 0.25) is 0 Å². The summed E-state index contributed by atoms with van der Waals surface area (Å²) in [6.45, 7) is 7.17. The fourth-order valence-electron chi connectivity index (χ4n) is 3.80. The third-order valence-corrected chi connectivity index (χ3v) is 5.39. The van der Waals surface area contributed by atoms with Crippen molar-refractivity contribution in [3.05, 3.63) is 71.0 Å². The van der Waals surface area contributed by atoms with Gasteiger partial charge in [-0.3, -0.25) is 9.38 Å². The van der Waals surface area contributed by atoms with Crippen LogP contribution in [0.25, 0.3) is 16.7 Å². The van der Waals surface area contributed by atoms with E-state index < -0.39 is 0 Å². The molecule has 0 aliphatic heterocycles. The molecular weight excluding hydrogens is 358 g/mol. The number of nitrogens with zero attached hydrogens (tertiary/aromatic N) is 4. The molecule has 0 amide bonds. The quantitative estimate of drug-likeness (QED) is 0.493. The Morgan fingerprint density at radius 3 is 2.72 bits per heavy atom. The van der Waals surface area contributed by atoms with Crippen molar-refractivity contribution in [2.45, 2.75) is 40.2 Å². The van der Waals surface area contributed by atoms with Crippen molar-refractivity contribution < 1.29 is 0 Å². The van der Waals surface area contributed by atoms with E-state index in [1.807, 2.05) is 37.4 Å². The Morgan fingerprint density at radius 1 is 1.17 bits per heavy atom. The van der Waals surface area contributed by atoms with Gasteiger partial charge >= 0.3 is 0 Å². The Hall–Kier alpha value is -3.39. The zero-order chi connectivity index (χ0) is 20.4. The van der Waals surface area contributed by atoms with Crippen LogP contribution in [0.4, 0.5) is 5.82 Å². The molecule has 0 saturated carbocycles. The minimum absolute atomic E-state index is 0.585. The monoisotopic (exact) mass is 383 g/mol. The predicted molar refractivity (Wildman–Crippen MR) is 117 cm³/mol. The molecule has 0 bridgehead atoms. The topological polar surface area (TPSA) is 66.0 Å². The number of nitriles is 1. The van der Waals surface area contributed by atoms with E-state index in [2.05, 4.69) is 46.8 Å². The fraction of sp³-hybridized carbons (Fsp3) is 0.292. The van der Waals surface area contributed by atoms with Gasteiger partial charge < -0.3 is 5.32 Å². The van der Waals surface area contributed by atoms with Crippen molar-refractivity contribution in [1.82, 2.24) is 14.4 Å². The summed E-state index contributed by atoms with van der Waals surface area (Å²) in [6, 6.07) is 14.5. The van der Waals surface area contributed by atoms with Gasteiger partial charge in [-0.1, -0.05) is 32.0 Å². The van der Waals surface area contributed by atoms with Crippen molar-refractivity contribution in [3.63, 3.8) is 0 Å². The van der Waals surface area contributed by atoms with E-state index in [0.29, 0.717) is 23.7 Å². The van der Waals surface area contributed by atoms with Crippen LogP contribution < -0.4 is 5.32 Å². The highest BCUT2D eigenvalue weighted by molar-refractivity contribution is 5.86. The van der Waals surface area contributed by atoms with E-state index in [-0.39, 0.29) is 0 Å². The second-order valence-electron chi connectivity index (χ2n) is 7.85. The molecule has 0 saturated heterocycles. The smallest absolute Gasteiger partial charge is 0.157 e. The van der Waals surface area contributed by atoms with E-state index >= 15 is 0 Å². The van der Waals surface area contributed by atoms with Crippen LogP contribution >= 0.6 is 0 Å². The molecule has 29 heavy (non-hydrogen) atoms. The van der Waals surface area contributed by atoms with Crippen molar-refractivity contribution >= 4 is 22.5 Å². The van der Waals surface area contributed by atoms with Crippen LogP contribution in [0.3, 0.4) is 0 Å². The second kappa shape index (κ2) is 7.92. The van der Waals surface area contributed by atoms with Crippen LogP contribution in [0.1, 0.15) is 42.5 Å². The molecule has 5 heteroatoms. The highest BCUT2D eigenvalue weighted by Gasteiger charge is 2.20. The zero-order valence-corrected chi connectivity index (χ0v) is 17.1. The highest BCUT2D eigenvalue weighted by Crippen LogP contribution is 2.32. The minimum atomic E-state index is 0.585. The first-order valence-corrected chi connectivity index (χ1v) is 10.1. The highest BCUT2D eigenvalue weighted by atomic mass is 15.1. The van der Waals surface area contributed by atoms with Crippen molar-refractivity contribution in [1.29, 1.82) is 5.26 Å². The molecule has 0 fully saturated rings. The molecule has 146 valence electrons. The molecule has 0 unspecified atom stereocenters. The number of imidazole rings is 1. The zero-order valence-electron chi connectivity index (χ0n) is 17.1. The maximum absolute atomic E-state index is 9.91. The predicted octanol–water partition coefficient (Wildman–Crippen LogP) is 5.26. The van der Waals surface area contributed by atoms with Gasteiger partial charge in [0.25, 0.3) is 0 Å². The third kappa shape index (κ3) is 3.54. The van der Waals surface area contributed by atoms with Gasteiger partial charge in [-0.25, -0.2) is 4.98 Å². The SMILES string of the molecule is Cc1c(CCC(C)C)c(NCc2cccnc2)n2c(nc3ccccc32)c1C#N. The Bertz CT molecular complexity index is 1200. The summed E-state index contributed by atoms with van der Waals surface area (Å²) in [6.07, 6.45) is 5.63. The van der Waals surface area contributed by atoms with Crippen molar-refractivity contribution in [2.75, 3.05) is 5.32 Å². The van der Waals surface area contributed by atoms with Crippen molar-refractivity contribution in [2.24, 2.45) is 5.92 Å². The Balaban J connectivity index is 1.95. The van der Waals surface area contributed by atoms with Gasteiger partial charge in [0, 0.05) is 18.9 Å². The molecule has 1 aromatic carbocycles. The van der Waals surface area contributed by atoms with Crippen LogP contribution in [-0.4, -0.2) is 14.4 Å². The number of hydrogen-bond acceptors (Lipinski definition) is 4. The Morgan fingerprint density at radius 2 is 2.00 bits per heavy atom. The molecule has 0 spiro atoms. The minimum Gasteiger partial charge on any atom is -0.367 e. The van der Waals surface area contributed by atoms with Crippen LogP contribution in [0.15, 0.2) is 48.8 Å². The van der Waals surface area contributed by atoms with E-state index in [9.17, 15) is 5.26 Å². The van der Waals surface area contributed by atoms with E-state index in [1.165, 1.54) is 5.56 Å². The lowest BCUT2D eigenvalue weighted by atomic mass is 9.96. The van der Waals surface area contributed by atoms with Crippen LogP contribution in [0, 0.1) is 24.2 Å². The average Bonchev–Trinajstić information content (AvgIpc) is 3.11. The summed E-state index contributed by atoms with van der Waals surface area (Å²) >= 11 is 0. The maximum Gasteiger partial charge on any atom is 0.157 e. The number of hydrogen-bond donors (Lipinski definition) is 1. The van der Waals surface area contributed by atoms with Gasteiger partial charge in [-0.15, -0.1) is 0 Å². The molecule has 5 nitrogen and oxygen atoms in total. The number of fused-ring (bicyclic) bond motifs is 3. The van der Waals surface area contributed by atoms with Crippen molar-refractivity contribution in [3.8, 4) is 6.07 Å². The van der Waals surface area contributed by atoms with Gasteiger partial charge in [0.2, 0.25) is 0 Å². The number of para-hydroxylation sites is 2. The number of aromatic nitrogens is 3. The fourth-order valence-corrected chi connectivity index (χ4v) is 3.80. The lowest BCUT2D eigenvalue weighted by Crippen LogP contribution is -2.12. The first-order valence-electron chi connectivity index (χ1n) is 10.1. The lowest BCUT2D eigenvalue weighted by Gasteiger charge is -2.19. The largest absolute Gasteiger partial charge is 0.367 e. The lowest BCUT2D eigenvalue weighted by molar-refractivity contribution is 0.585. The molecule has 4 rings (SSSR count). The second-order valence-corrected chi connectivity index (χ2v) is 7.85. The normalized spacial score (nSPS) is 11.3. The number of rotatable bonds is 6. The summed E-state index contributed by atoms with van der Waals surface area (Å²) in [7, 11) is 0. The summed E-state index contributed by atoms with van der Waals surface area (Å²) in [5.74, 6) is 1.61. The van der Waals surface area contributed by atoms with Gasteiger partial charge in [0.1, 0.15) is 11.9 Å². The molecule has 0 atom stereocenters. The molecule has 0 radical (unpaired) electrons. The molecule has 1 N–H and O–H groups in total. The summed E-state index contributed by atoms with van der Waals surface area (Å²) in [5.41, 5.74) is 6.61. The summed E-state index contributed by atoms with van der Waals surface area (Å²) in [5, 5.41) is 13.6. The van der Waals surface area contributed by atoms with E-state index in [0.717, 1.165) is 40.8 Å². The summed E-state index contributed by atoms with van der Waals surface area (Å²) in [4.78, 5) is 9.01. The van der Waals surface area contributed by atoms with Gasteiger partial charge in [-0.05, 0) is 60.6 Å². The Kier molecular flexibility index (Phi) is 5.18. The van der Waals surface area contributed by atoms with E-state index in [4.69, 9.17) is 4.98 Å². The number of anilines is 1. The van der Waals surface area contributed by atoms with Gasteiger partial charge in [0.05, 0.1) is 16.6 Å². The standard InChI is InChI=1S/C24H25N5/c1-16(2)10-11-19-17(3)20(13-25)24-28-21-8-4-5-9-22(21)29(24)23(19)27-15-18-7-6-12-26-14-18/h4-9,12,14,16,27H,10-11,15H2,1-3H3. The Labute approximate surface area is 171 Å². The summed E-state index contributed by atoms with van der Waals surface area (Å²) < 4.78 is 2.12. The average molecular weight is 383 g/mol. The third-order valence-electron chi connectivity index (χ3n) is 5.39.